The maximum Gasteiger partial charge on any atom is 0.176 e. The first-order valence-electron chi connectivity index (χ1n) is 4.96. The van der Waals surface area contributed by atoms with Crippen LogP contribution >= 0.6 is 0 Å². The SMILES string of the molecule is CS(=O)(=O)c1cc2c(cc1CON)OCCO2. The van der Waals surface area contributed by atoms with Gasteiger partial charge in [-0.1, -0.05) is 0 Å². The van der Waals surface area contributed by atoms with E-state index in [1.165, 1.54) is 6.07 Å². The molecule has 17 heavy (non-hydrogen) atoms. The van der Waals surface area contributed by atoms with Gasteiger partial charge in [0.2, 0.25) is 0 Å². The number of benzene rings is 1. The second kappa shape index (κ2) is 4.52. The molecule has 94 valence electrons. The highest BCUT2D eigenvalue weighted by Gasteiger charge is 2.20. The van der Waals surface area contributed by atoms with E-state index in [1.54, 1.807) is 6.07 Å². The van der Waals surface area contributed by atoms with E-state index in [-0.39, 0.29) is 11.5 Å². The standard InChI is InChI=1S/C10H13NO5S/c1-17(12,13)10-5-9-8(14-2-3-15-9)4-7(10)6-16-11/h4-5H,2-3,6,11H2,1H3. The predicted molar refractivity (Wildman–Crippen MR) is 59.5 cm³/mol. The highest BCUT2D eigenvalue weighted by atomic mass is 32.2. The first-order valence-corrected chi connectivity index (χ1v) is 6.86. The van der Waals surface area contributed by atoms with Gasteiger partial charge in [-0.05, 0) is 6.07 Å². The lowest BCUT2D eigenvalue weighted by Gasteiger charge is -2.20. The van der Waals surface area contributed by atoms with Gasteiger partial charge in [0.05, 0.1) is 11.5 Å². The van der Waals surface area contributed by atoms with E-state index in [4.69, 9.17) is 15.4 Å². The van der Waals surface area contributed by atoms with Crippen LogP contribution in [-0.4, -0.2) is 27.9 Å². The maximum atomic E-state index is 11.6. The number of fused-ring (bicyclic) bond motifs is 1. The van der Waals surface area contributed by atoms with Gasteiger partial charge >= 0.3 is 0 Å². The van der Waals surface area contributed by atoms with Crippen molar-refractivity contribution in [3.63, 3.8) is 0 Å². The Kier molecular flexibility index (Phi) is 3.23. The molecule has 2 rings (SSSR count). The van der Waals surface area contributed by atoms with Gasteiger partial charge in [0.15, 0.2) is 21.3 Å². The summed E-state index contributed by atoms with van der Waals surface area (Å²) in [7, 11) is -3.36. The Morgan fingerprint density at radius 3 is 2.41 bits per heavy atom. The summed E-state index contributed by atoms with van der Waals surface area (Å²) >= 11 is 0. The summed E-state index contributed by atoms with van der Waals surface area (Å²) in [6.45, 7) is 0.843. The van der Waals surface area contributed by atoms with Crippen LogP contribution in [0.1, 0.15) is 5.56 Å². The van der Waals surface area contributed by atoms with Crippen LogP contribution < -0.4 is 15.4 Å². The molecule has 0 aromatic heterocycles. The summed E-state index contributed by atoms with van der Waals surface area (Å²) in [6.07, 6.45) is 1.12. The molecule has 0 fully saturated rings. The number of sulfone groups is 1. The van der Waals surface area contributed by atoms with Crippen molar-refractivity contribution in [1.29, 1.82) is 0 Å². The average Bonchev–Trinajstić information content (AvgIpc) is 2.27. The van der Waals surface area contributed by atoms with Gasteiger partial charge in [-0.25, -0.2) is 14.3 Å². The minimum Gasteiger partial charge on any atom is -0.486 e. The van der Waals surface area contributed by atoms with Crippen LogP contribution in [0, 0.1) is 0 Å². The topological polar surface area (TPSA) is 87.9 Å². The summed E-state index contributed by atoms with van der Waals surface area (Å²) in [5, 5.41) is 0. The van der Waals surface area contributed by atoms with Gasteiger partial charge in [0.25, 0.3) is 0 Å². The molecule has 1 aliphatic heterocycles. The molecule has 7 heteroatoms. The smallest absolute Gasteiger partial charge is 0.176 e. The second-order valence-electron chi connectivity index (χ2n) is 3.69. The highest BCUT2D eigenvalue weighted by molar-refractivity contribution is 7.90. The lowest BCUT2D eigenvalue weighted by atomic mass is 10.2. The van der Waals surface area contributed by atoms with Gasteiger partial charge in [-0.2, -0.15) is 0 Å². The van der Waals surface area contributed by atoms with E-state index in [0.29, 0.717) is 30.3 Å². The normalized spacial score (nSPS) is 14.7. The van der Waals surface area contributed by atoms with Gasteiger partial charge in [-0.15, -0.1) is 0 Å². The molecule has 1 heterocycles. The Hall–Kier alpha value is -1.31. The quantitative estimate of drug-likeness (QED) is 0.783. The minimum atomic E-state index is -3.36. The Bertz CT molecular complexity index is 526. The molecule has 0 aliphatic carbocycles. The van der Waals surface area contributed by atoms with Crippen LogP contribution in [0.5, 0.6) is 11.5 Å². The molecule has 0 bridgehead atoms. The maximum absolute atomic E-state index is 11.6. The average molecular weight is 259 g/mol. The van der Waals surface area contributed by atoms with Crippen LogP contribution in [0.3, 0.4) is 0 Å². The molecular formula is C10H13NO5S. The van der Waals surface area contributed by atoms with Crippen molar-refractivity contribution < 1.29 is 22.7 Å². The highest BCUT2D eigenvalue weighted by Crippen LogP contribution is 2.35. The molecular weight excluding hydrogens is 246 g/mol. The summed E-state index contributed by atoms with van der Waals surface area (Å²) in [6, 6.07) is 3.02. The molecule has 0 saturated carbocycles. The number of hydrogen-bond acceptors (Lipinski definition) is 6. The third kappa shape index (κ3) is 2.51. The molecule has 1 aromatic carbocycles. The lowest BCUT2D eigenvalue weighted by molar-refractivity contribution is 0.121. The molecule has 0 unspecified atom stereocenters. The van der Waals surface area contributed by atoms with E-state index < -0.39 is 9.84 Å². The Morgan fingerprint density at radius 2 is 1.88 bits per heavy atom. The summed E-state index contributed by atoms with van der Waals surface area (Å²) in [4.78, 5) is 4.64. The Balaban J connectivity index is 2.56. The summed E-state index contributed by atoms with van der Waals surface area (Å²) in [5.41, 5.74) is 0.458. The first-order chi connectivity index (χ1) is 8.02. The van der Waals surface area contributed by atoms with Gasteiger partial charge < -0.3 is 9.47 Å². The predicted octanol–water partition coefficient (Wildman–Crippen LogP) is 0.252. The van der Waals surface area contributed by atoms with E-state index in [2.05, 4.69) is 4.84 Å². The van der Waals surface area contributed by atoms with E-state index in [1.807, 2.05) is 0 Å². The summed E-state index contributed by atoms with van der Waals surface area (Å²) < 4.78 is 33.9. The zero-order valence-corrected chi connectivity index (χ0v) is 10.1. The van der Waals surface area contributed by atoms with E-state index >= 15 is 0 Å². The van der Waals surface area contributed by atoms with Crippen molar-refractivity contribution >= 4 is 9.84 Å². The van der Waals surface area contributed by atoms with Crippen molar-refractivity contribution in [1.82, 2.24) is 0 Å². The van der Waals surface area contributed by atoms with Crippen LogP contribution in [0.25, 0.3) is 0 Å². The van der Waals surface area contributed by atoms with Gasteiger partial charge in [0.1, 0.15) is 13.2 Å². The van der Waals surface area contributed by atoms with Gasteiger partial charge in [-0.3, -0.25) is 4.84 Å². The molecule has 0 radical (unpaired) electrons. The lowest BCUT2D eigenvalue weighted by Crippen LogP contribution is -2.17. The monoisotopic (exact) mass is 259 g/mol. The van der Waals surface area contributed by atoms with Crippen LogP contribution in [0.15, 0.2) is 17.0 Å². The Labute approximate surface area is 99.1 Å². The van der Waals surface area contributed by atoms with Gasteiger partial charge in [0, 0.05) is 17.9 Å². The van der Waals surface area contributed by atoms with Crippen LogP contribution in [-0.2, 0) is 21.3 Å². The molecule has 1 aliphatic rings. The number of ether oxygens (including phenoxy) is 2. The first kappa shape index (κ1) is 12.2. The van der Waals surface area contributed by atoms with Crippen molar-refractivity contribution in [2.24, 2.45) is 5.90 Å². The largest absolute Gasteiger partial charge is 0.486 e. The van der Waals surface area contributed by atoms with Crippen molar-refractivity contribution in [3.05, 3.63) is 17.7 Å². The molecule has 0 atom stereocenters. The third-order valence-corrected chi connectivity index (χ3v) is 3.54. The molecule has 1 aromatic rings. The van der Waals surface area contributed by atoms with E-state index in [0.717, 1.165) is 6.26 Å². The van der Waals surface area contributed by atoms with Crippen LogP contribution in [0.4, 0.5) is 0 Å². The second-order valence-corrected chi connectivity index (χ2v) is 5.67. The summed E-state index contributed by atoms with van der Waals surface area (Å²) in [5.74, 6) is 5.92. The zero-order chi connectivity index (χ0) is 12.5. The fourth-order valence-electron chi connectivity index (χ4n) is 1.66. The fourth-order valence-corrected chi connectivity index (χ4v) is 2.58. The minimum absolute atomic E-state index is 0.000949. The van der Waals surface area contributed by atoms with Crippen molar-refractivity contribution in [3.8, 4) is 11.5 Å². The zero-order valence-electron chi connectivity index (χ0n) is 9.30. The fraction of sp³-hybridized carbons (Fsp3) is 0.400. The molecule has 0 amide bonds. The number of rotatable bonds is 3. The number of hydrogen-bond donors (Lipinski definition) is 1. The molecule has 0 spiro atoms. The molecule has 2 N–H and O–H groups in total. The van der Waals surface area contributed by atoms with Crippen molar-refractivity contribution in [2.75, 3.05) is 19.5 Å². The van der Waals surface area contributed by atoms with Crippen molar-refractivity contribution in [2.45, 2.75) is 11.5 Å². The van der Waals surface area contributed by atoms with Crippen LogP contribution in [0.2, 0.25) is 0 Å². The molecule has 0 saturated heterocycles. The third-order valence-electron chi connectivity index (χ3n) is 2.36. The van der Waals surface area contributed by atoms with E-state index in [9.17, 15) is 8.42 Å². The number of nitrogens with two attached hydrogens (primary N) is 1. The Morgan fingerprint density at radius 1 is 1.29 bits per heavy atom. The molecule has 6 nitrogen and oxygen atoms in total.